The minimum Gasteiger partial charge on any atom is -0.508 e. The summed E-state index contributed by atoms with van der Waals surface area (Å²) in [4.78, 5) is 0. The van der Waals surface area contributed by atoms with Gasteiger partial charge in [-0.25, -0.2) is 0 Å². The van der Waals surface area contributed by atoms with Gasteiger partial charge in [-0.15, -0.1) is 0 Å². The van der Waals surface area contributed by atoms with Crippen LogP contribution >= 0.6 is 0 Å². The van der Waals surface area contributed by atoms with E-state index in [4.69, 9.17) is 9.47 Å². The largest absolute Gasteiger partial charge is 0.508 e. The van der Waals surface area contributed by atoms with E-state index in [9.17, 15) is 5.11 Å². The maximum atomic E-state index is 9.58. The minimum atomic E-state index is -0.248. The molecule has 88 valence electrons. The lowest BCUT2D eigenvalue weighted by Gasteiger charge is -2.06. The number of aryl methyl sites for hydroxylation is 1. The van der Waals surface area contributed by atoms with Crippen LogP contribution in [0.4, 0.5) is 0 Å². The summed E-state index contributed by atoms with van der Waals surface area (Å²) in [7, 11) is 0. The molecular weight excluding hydrogens is 204 g/mol. The Balaban J connectivity index is 2.18. The van der Waals surface area contributed by atoms with Crippen molar-refractivity contribution in [3.63, 3.8) is 0 Å². The molecule has 0 fully saturated rings. The van der Waals surface area contributed by atoms with Gasteiger partial charge < -0.3 is 14.6 Å². The summed E-state index contributed by atoms with van der Waals surface area (Å²) in [5.41, 5.74) is 1.05. The van der Waals surface area contributed by atoms with E-state index in [1.165, 1.54) is 12.8 Å². The highest BCUT2D eigenvalue weighted by Gasteiger charge is 2.24. The van der Waals surface area contributed by atoms with E-state index < -0.39 is 0 Å². The van der Waals surface area contributed by atoms with Crippen molar-refractivity contribution in [3.05, 3.63) is 17.7 Å². The van der Waals surface area contributed by atoms with Crippen LogP contribution in [0.2, 0.25) is 0 Å². The van der Waals surface area contributed by atoms with Crippen LogP contribution < -0.4 is 9.47 Å². The molecular formula is C13H18O3. The monoisotopic (exact) mass is 222 g/mol. The van der Waals surface area contributed by atoms with Crippen LogP contribution in [0.25, 0.3) is 0 Å². The molecule has 0 radical (unpaired) electrons. The summed E-state index contributed by atoms with van der Waals surface area (Å²) in [5.74, 6) is 1.73. The zero-order valence-electron chi connectivity index (χ0n) is 9.82. The number of phenolic OH excluding ortho intramolecular Hbond substituents is 1. The molecule has 0 aliphatic carbocycles. The van der Waals surface area contributed by atoms with E-state index in [0.29, 0.717) is 5.75 Å². The lowest BCUT2D eigenvalue weighted by molar-refractivity contribution is 0.0673. The molecule has 0 bridgehead atoms. The molecule has 0 aromatic heterocycles. The summed E-state index contributed by atoms with van der Waals surface area (Å²) < 4.78 is 11.0. The molecule has 0 saturated carbocycles. The first-order chi connectivity index (χ1) is 7.70. The number of hydrogen-bond donors (Lipinski definition) is 1. The van der Waals surface area contributed by atoms with Crippen molar-refractivity contribution < 1.29 is 14.6 Å². The Bertz CT molecular complexity index is 374. The highest BCUT2D eigenvalue weighted by molar-refractivity contribution is 5.53. The molecule has 1 unspecified atom stereocenters. The normalized spacial score (nSPS) is 17.8. The van der Waals surface area contributed by atoms with Crippen LogP contribution in [0, 0.1) is 0 Å². The number of aromatic hydroxyl groups is 1. The van der Waals surface area contributed by atoms with Crippen molar-refractivity contribution in [1.29, 1.82) is 0 Å². The predicted molar refractivity (Wildman–Crippen MR) is 62.1 cm³/mol. The number of unbranched alkanes of at least 4 members (excludes halogenated alkanes) is 2. The summed E-state index contributed by atoms with van der Waals surface area (Å²) in [6.45, 7) is 4.03. The van der Waals surface area contributed by atoms with Crippen LogP contribution in [0.3, 0.4) is 0 Å². The van der Waals surface area contributed by atoms with Gasteiger partial charge in [0.05, 0.1) is 0 Å². The van der Waals surface area contributed by atoms with Crippen molar-refractivity contribution in [2.45, 2.75) is 45.8 Å². The molecule has 2 rings (SSSR count). The van der Waals surface area contributed by atoms with Crippen molar-refractivity contribution in [2.75, 3.05) is 0 Å². The summed E-state index contributed by atoms with van der Waals surface area (Å²) in [5, 5.41) is 9.58. The Kier molecular flexibility index (Phi) is 3.22. The number of phenols is 1. The Morgan fingerprint density at radius 2 is 2.06 bits per heavy atom. The third-order valence-electron chi connectivity index (χ3n) is 2.74. The third-order valence-corrected chi connectivity index (χ3v) is 2.74. The minimum absolute atomic E-state index is 0.248. The van der Waals surface area contributed by atoms with Gasteiger partial charge in [-0.3, -0.25) is 0 Å². The first-order valence-electron chi connectivity index (χ1n) is 5.90. The van der Waals surface area contributed by atoms with Gasteiger partial charge in [-0.2, -0.15) is 0 Å². The molecule has 1 atom stereocenters. The molecule has 0 amide bonds. The number of ether oxygens (including phenoxy) is 2. The van der Waals surface area contributed by atoms with Crippen LogP contribution in [-0.4, -0.2) is 11.4 Å². The summed E-state index contributed by atoms with van der Waals surface area (Å²) in [6, 6.07) is 3.39. The maximum absolute atomic E-state index is 9.58. The molecule has 1 aliphatic heterocycles. The fourth-order valence-corrected chi connectivity index (χ4v) is 1.99. The molecule has 16 heavy (non-hydrogen) atoms. The molecule has 1 aromatic rings. The molecule has 1 heterocycles. The van der Waals surface area contributed by atoms with E-state index in [0.717, 1.165) is 24.2 Å². The van der Waals surface area contributed by atoms with E-state index in [1.807, 2.05) is 6.92 Å². The first-order valence-corrected chi connectivity index (χ1v) is 5.90. The second-order valence-corrected chi connectivity index (χ2v) is 4.19. The average molecular weight is 222 g/mol. The Morgan fingerprint density at radius 1 is 1.25 bits per heavy atom. The number of fused-ring (bicyclic) bond motifs is 1. The van der Waals surface area contributed by atoms with Crippen molar-refractivity contribution >= 4 is 0 Å². The van der Waals surface area contributed by atoms with E-state index in [-0.39, 0.29) is 12.0 Å². The molecule has 0 spiro atoms. The van der Waals surface area contributed by atoms with E-state index in [2.05, 4.69) is 6.92 Å². The summed E-state index contributed by atoms with van der Waals surface area (Å²) in [6.07, 6.45) is 4.18. The van der Waals surface area contributed by atoms with Crippen molar-refractivity contribution in [3.8, 4) is 17.2 Å². The van der Waals surface area contributed by atoms with Gasteiger partial charge in [0.25, 0.3) is 0 Å². The third kappa shape index (κ3) is 2.23. The molecule has 3 heteroatoms. The van der Waals surface area contributed by atoms with Gasteiger partial charge in [0.15, 0.2) is 11.5 Å². The van der Waals surface area contributed by atoms with Gasteiger partial charge in [0.1, 0.15) is 5.75 Å². The number of rotatable bonds is 4. The summed E-state index contributed by atoms with van der Waals surface area (Å²) >= 11 is 0. The lowest BCUT2D eigenvalue weighted by Crippen LogP contribution is -2.11. The molecule has 1 N–H and O–H groups in total. The maximum Gasteiger partial charge on any atom is 0.238 e. The predicted octanol–water partition coefficient (Wildman–Crippen LogP) is 3.24. The van der Waals surface area contributed by atoms with Gasteiger partial charge in [0, 0.05) is 18.6 Å². The average Bonchev–Trinajstić information content (AvgIpc) is 2.58. The van der Waals surface area contributed by atoms with Gasteiger partial charge in [-0.1, -0.05) is 19.8 Å². The molecule has 1 aliphatic rings. The van der Waals surface area contributed by atoms with Crippen molar-refractivity contribution in [2.24, 2.45) is 0 Å². The zero-order valence-corrected chi connectivity index (χ0v) is 9.82. The standard InChI is InChI=1S/C13H18O3/c1-3-4-5-6-10-7-11(14)8-12-13(10)16-9(2)15-12/h7-9,14H,3-6H2,1-2H3. The van der Waals surface area contributed by atoms with Crippen LogP contribution in [-0.2, 0) is 6.42 Å². The van der Waals surface area contributed by atoms with Gasteiger partial charge in [0.2, 0.25) is 6.29 Å². The lowest BCUT2D eigenvalue weighted by atomic mass is 10.1. The van der Waals surface area contributed by atoms with Crippen LogP contribution in [0.1, 0.15) is 38.7 Å². The number of benzene rings is 1. The zero-order chi connectivity index (χ0) is 11.5. The second-order valence-electron chi connectivity index (χ2n) is 4.19. The Labute approximate surface area is 96.0 Å². The SMILES string of the molecule is CCCCCc1cc(O)cc2c1OC(C)O2. The van der Waals surface area contributed by atoms with Gasteiger partial charge in [-0.05, 0) is 18.9 Å². The van der Waals surface area contributed by atoms with Crippen LogP contribution in [0.5, 0.6) is 17.2 Å². The second kappa shape index (κ2) is 4.64. The number of hydrogen-bond acceptors (Lipinski definition) is 3. The fourth-order valence-electron chi connectivity index (χ4n) is 1.99. The molecule has 3 nitrogen and oxygen atoms in total. The van der Waals surface area contributed by atoms with Crippen LogP contribution in [0.15, 0.2) is 12.1 Å². The van der Waals surface area contributed by atoms with Gasteiger partial charge >= 0.3 is 0 Å². The van der Waals surface area contributed by atoms with E-state index >= 15 is 0 Å². The van der Waals surface area contributed by atoms with E-state index in [1.54, 1.807) is 12.1 Å². The quantitative estimate of drug-likeness (QED) is 0.795. The fraction of sp³-hybridized carbons (Fsp3) is 0.538. The Hall–Kier alpha value is -1.38. The topological polar surface area (TPSA) is 38.7 Å². The van der Waals surface area contributed by atoms with Crippen molar-refractivity contribution in [1.82, 2.24) is 0 Å². The first kappa shape index (κ1) is 11.1. The molecule has 1 aromatic carbocycles. The Morgan fingerprint density at radius 3 is 2.81 bits per heavy atom. The smallest absolute Gasteiger partial charge is 0.238 e. The molecule has 0 saturated heterocycles. The highest BCUT2D eigenvalue weighted by Crippen LogP contribution is 2.41. The highest BCUT2D eigenvalue weighted by atomic mass is 16.7.